The Bertz CT molecular complexity index is 455. The van der Waals surface area contributed by atoms with Gasteiger partial charge in [0, 0.05) is 4.47 Å². The third-order valence-corrected chi connectivity index (χ3v) is 3.51. The highest BCUT2D eigenvalue weighted by molar-refractivity contribution is 9.10. The Morgan fingerprint density at radius 1 is 1.33 bits per heavy atom. The smallest absolute Gasteiger partial charge is 0.241 e. The summed E-state index contributed by atoms with van der Waals surface area (Å²) in [4.78, 5) is 10.5. The fourth-order valence-electron chi connectivity index (χ4n) is 0.863. The molecule has 5 nitrogen and oxygen atoms in total. The molecule has 0 saturated heterocycles. The fourth-order valence-corrected chi connectivity index (χ4v) is 2.12. The molecule has 1 rings (SSSR count). The molecule has 0 atom stereocenters. The minimum atomic E-state index is -3.64. The number of amides is 1. The highest BCUT2D eigenvalue weighted by Crippen LogP contribution is 2.14. The number of carbonyl (C=O) groups is 1. The Labute approximate surface area is 95.8 Å². The quantitative estimate of drug-likeness (QED) is 0.831. The first-order valence-electron chi connectivity index (χ1n) is 3.95. The molecule has 3 N–H and O–H groups in total. The van der Waals surface area contributed by atoms with Crippen molar-refractivity contribution in [2.24, 2.45) is 5.73 Å². The van der Waals surface area contributed by atoms with Crippen LogP contribution < -0.4 is 10.5 Å². The predicted octanol–water partition coefficient (Wildman–Crippen LogP) is 0.213. The second-order valence-corrected chi connectivity index (χ2v) is 5.43. The molecule has 82 valence electrons. The summed E-state index contributed by atoms with van der Waals surface area (Å²) in [5.74, 6) is -0.726. The van der Waals surface area contributed by atoms with Crippen molar-refractivity contribution in [3.05, 3.63) is 28.7 Å². The Balaban J connectivity index is 2.87. The van der Waals surface area contributed by atoms with Gasteiger partial charge in [0.05, 0.1) is 11.4 Å². The number of hydrogen-bond donors (Lipinski definition) is 2. The molecular formula is C8H9BrN2O3S. The molecule has 0 fully saturated rings. The third-order valence-electron chi connectivity index (χ3n) is 1.56. The number of nitrogens with two attached hydrogens (primary N) is 1. The Kier molecular flexibility index (Phi) is 3.83. The summed E-state index contributed by atoms with van der Waals surface area (Å²) in [5, 5.41) is 0. The summed E-state index contributed by atoms with van der Waals surface area (Å²) in [7, 11) is -3.64. The van der Waals surface area contributed by atoms with Crippen molar-refractivity contribution >= 4 is 31.9 Å². The normalized spacial score (nSPS) is 11.3. The van der Waals surface area contributed by atoms with Gasteiger partial charge < -0.3 is 5.73 Å². The van der Waals surface area contributed by atoms with Gasteiger partial charge in [-0.1, -0.05) is 15.9 Å². The van der Waals surface area contributed by atoms with Crippen LogP contribution in [0.1, 0.15) is 0 Å². The maximum absolute atomic E-state index is 11.5. The van der Waals surface area contributed by atoms with E-state index < -0.39 is 22.5 Å². The number of nitrogens with one attached hydrogen (secondary N) is 1. The topological polar surface area (TPSA) is 89.3 Å². The lowest BCUT2D eigenvalue weighted by molar-refractivity contribution is -0.116. The van der Waals surface area contributed by atoms with Crippen LogP contribution in [0.2, 0.25) is 0 Å². The summed E-state index contributed by atoms with van der Waals surface area (Å²) in [5.41, 5.74) is 4.83. The maximum Gasteiger partial charge on any atom is 0.241 e. The Hall–Kier alpha value is -0.920. The predicted molar refractivity (Wildman–Crippen MR) is 58.5 cm³/mol. The lowest BCUT2D eigenvalue weighted by atomic mass is 10.4. The van der Waals surface area contributed by atoms with E-state index in [2.05, 4.69) is 20.7 Å². The van der Waals surface area contributed by atoms with Gasteiger partial charge in [0.2, 0.25) is 15.9 Å². The molecular weight excluding hydrogens is 284 g/mol. The molecule has 0 aliphatic rings. The lowest BCUT2D eigenvalue weighted by Crippen LogP contribution is -2.33. The van der Waals surface area contributed by atoms with E-state index in [-0.39, 0.29) is 4.90 Å². The van der Waals surface area contributed by atoms with Crippen LogP contribution in [-0.4, -0.2) is 20.9 Å². The summed E-state index contributed by atoms with van der Waals surface area (Å²) >= 11 is 3.19. The van der Waals surface area contributed by atoms with Crippen molar-refractivity contribution in [1.82, 2.24) is 4.72 Å². The van der Waals surface area contributed by atoms with Crippen LogP contribution in [-0.2, 0) is 14.8 Å². The van der Waals surface area contributed by atoms with Gasteiger partial charge in [-0.15, -0.1) is 0 Å². The first-order valence-corrected chi connectivity index (χ1v) is 6.23. The van der Waals surface area contributed by atoms with Crippen LogP contribution in [0, 0.1) is 0 Å². The van der Waals surface area contributed by atoms with E-state index in [9.17, 15) is 13.2 Å². The van der Waals surface area contributed by atoms with Crippen LogP contribution in [0.5, 0.6) is 0 Å². The molecule has 0 unspecified atom stereocenters. The van der Waals surface area contributed by atoms with E-state index in [1.54, 1.807) is 12.1 Å². The van der Waals surface area contributed by atoms with Crippen molar-refractivity contribution in [2.45, 2.75) is 4.90 Å². The molecule has 0 heterocycles. The van der Waals surface area contributed by atoms with E-state index in [1.165, 1.54) is 12.1 Å². The van der Waals surface area contributed by atoms with Crippen molar-refractivity contribution < 1.29 is 13.2 Å². The van der Waals surface area contributed by atoms with E-state index >= 15 is 0 Å². The molecule has 1 aromatic carbocycles. The summed E-state index contributed by atoms with van der Waals surface area (Å²) in [6, 6.07) is 6.04. The number of primary amides is 1. The van der Waals surface area contributed by atoms with Crippen molar-refractivity contribution in [3.63, 3.8) is 0 Å². The third kappa shape index (κ3) is 3.61. The first kappa shape index (κ1) is 12.2. The average Bonchev–Trinajstić information content (AvgIpc) is 2.16. The molecule has 0 aromatic heterocycles. The van der Waals surface area contributed by atoms with Crippen LogP contribution in [0.3, 0.4) is 0 Å². The maximum atomic E-state index is 11.5. The molecule has 0 radical (unpaired) electrons. The number of benzene rings is 1. The minimum absolute atomic E-state index is 0.0898. The molecule has 0 aliphatic carbocycles. The number of halogens is 1. The number of carbonyl (C=O) groups excluding carboxylic acids is 1. The molecule has 15 heavy (non-hydrogen) atoms. The minimum Gasteiger partial charge on any atom is -0.369 e. The summed E-state index contributed by atoms with van der Waals surface area (Å²) < 4.78 is 25.9. The highest BCUT2D eigenvalue weighted by Gasteiger charge is 2.13. The van der Waals surface area contributed by atoms with Crippen molar-refractivity contribution in [1.29, 1.82) is 0 Å². The van der Waals surface area contributed by atoms with Crippen LogP contribution >= 0.6 is 15.9 Å². The van der Waals surface area contributed by atoms with Crippen LogP contribution in [0.25, 0.3) is 0 Å². The largest absolute Gasteiger partial charge is 0.369 e. The van der Waals surface area contributed by atoms with Gasteiger partial charge in [0.1, 0.15) is 0 Å². The highest BCUT2D eigenvalue weighted by atomic mass is 79.9. The number of sulfonamides is 1. The van der Waals surface area contributed by atoms with Gasteiger partial charge in [0.25, 0.3) is 0 Å². The van der Waals surface area contributed by atoms with Crippen LogP contribution in [0.15, 0.2) is 33.6 Å². The van der Waals surface area contributed by atoms with E-state index in [4.69, 9.17) is 5.73 Å². The zero-order chi connectivity index (χ0) is 11.5. The van der Waals surface area contributed by atoms with Crippen molar-refractivity contribution in [2.75, 3.05) is 6.54 Å². The van der Waals surface area contributed by atoms with E-state index in [0.29, 0.717) is 0 Å². The molecule has 1 aromatic rings. The van der Waals surface area contributed by atoms with E-state index in [1.807, 2.05) is 0 Å². The molecule has 1 amide bonds. The Morgan fingerprint density at radius 3 is 2.33 bits per heavy atom. The lowest BCUT2D eigenvalue weighted by Gasteiger charge is -2.04. The number of rotatable bonds is 4. The monoisotopic (exact) mass is 292 g/mol. The SMILES string of the molecule is NC(=O)CNS(=O)(=O)c1ccc(Br)cc1. The van der Waals surface area contributed by atoms with Gasteiger partial charge in [-0.05, 0) is 24.3 Å². The average molecular weight is 293 g/mol. The molecule has 0 spiro atoms. The zero-order valence-corrected chi connectivity index (χ0v) is 10.0. The number of hydrogen-bond acceptors (Lipinski definition) is 3. The molecule has 0 saturated carbocycles. The zero-order valence-electron chi connectivity index (χ0n) is 7.60. The fraction of sp³-hybridized carbons (Fsp3) is 0.125. The second-order valence-electron chi connectivity index (χ2n) is 2.74. The first-order chi connectivity index (χ1) is 6.92. The van der Waals surface area contributed by atoms with Gasteiger partial charge >= 0.3 is 0 Å². The molecule has 0 aliphatic heterocycles. The Morgan fingerprint density at radius 2 is 1.87 bits per heavy atom. The van der Waals surface area contributed by atoms with Crippen molar-refractivity contribution in [3.8, 4) is 0 Å². The summed E-state index contributed by atoms with van der Waals surface area (Å²) in [6.07, 6.45) is 0. The van der Waals surface area contributed by atoms with Gasteiger partial charge in [0.15, 0.2) is 0 Å². The molecule has 7 heteroatoms. The van der Waals surface area contributed by atoms with Gasteiger partial charge in [-0.2, -0.15) is 0 Å². The summed E-state index contributed by atoms with van der Waals surface area (Å²) in [6.45, 7) is -0.404. The molecule has 0 bridgehead atoms. The standard InChI is InChI=1S/C8H9BrN2O3S/c9-6-1-3-7(4-2-6)15(13,14)11-5-8(10)12/h1-4,11H,5H2,(H2,10,12). The van der Waals surface area contributed by atoms with E-state index in [0.717, 1.165) is 4.47 Å². The second kappa shape index (κ2) is 4.73. The van der Waals surface area contributed by atoms with Gasteiger partial charge in [-0.3, -0.25) is 4.79 Å². The van der Waals surface area contributed by atoms with Gasteiger partial charge in [-0.25, -0.2) is 13.1 Å². The van der Waals surface area contributed by atoms with Crippen LogP contribution in [0.4, 0.5) is 0 Å².